The normalized spacial score (nSPS) is 14.0. The van der Waals surface area contributed by atoms with Crippen LogP contribution in [-0.2, 0) is 50.0 Å². The first kappa shape index (κ1) is 31.3. The van der Waals surface area contributed by atoms with Gasteiger partial charge in [0.2, 0.25) is 0 Å². The Morgan fingerprint density at radius 3 is 2.38 bits per heavy atom. The summed E-state index contributed by atoms with van der Waals surface area (Å²) in [5.41, 5.74) is 9.47. The van der Waals surface area contributed by atoms with Crippen LogP contribution in [0, 0.1) is 11.8 Å². The first-order valence-corrected chi connectivity index (χ1v) is 16.9. The van der Waals surface area contributed by atoms with E-state index in [-0.39, 0.29) is 29.7 Å². The molecule has 0 amide bonds. The van der Waals surface area contributed by atoms with Crippen LogP contribution in [0.2, 0.25) is 0 Å². The monoisotopic (exact) mass is 635 g/mol. The molecule has 3 aromatic carbocycles. The van der Waals surface area contributed by atoms with Crippen LogP contribution in [0.5, 0.6) is 0 Å². The van der Waals surface area contributed by atoms with Crippen LogP contribution in [0.25, 0.3) is 22.3 Å². The molecular formula is C41H41N5O2. The smallest absolute Gasteiger partial charge is 0.277 e. The molecule has 6 aromatic rings. The van der Waals surface area contributed by atoms with Gasteiger partial charge in [0.05, 0.1) is 12.7 Å². The number of carbonyl (C=O) groups excluding carboxylic acids is 1. The lowest BCUT2D eigenvalue weighted by Crippen LogP contribution is -2.32. The number of hydrogen-bond donors (Lipinski definition) is 2. The van der Waals surface area contributed by atoms with Crippen molar-refractivity contribution in [3.8, 4) is 11.4 Å². The van der Waals surface area contributed by atoms with Gasteiger partial charge in [-0.15, -0.1) is 0 Å². The van der Waals surface area contributed by atoms with E-state index in [4.69, 9.17) is 4.98 Å². The average Bonchev–Trinajstić information content (AvgIpc) is 3.52. The largest absolute Gasteiger partial charge is 0.375 e. The van der Waals surface area contributed by atoms with E-state index in [1.165, 1.54) is 27.8 Å². The number of carbonyl (C=O) groups is 1. The second kappa shape index (κ2) is 13.8. The zero-order chi connectivity index (χ0) is 33.0. The van der Waals surface area contributed by atoms with Gasteiger partial charge >= 0.3 is 0 Å². The second-order valence-electron chi connectivity index (χ2n) is 13.2. The van der Waals surface area contributed by atoms with Crippen molar-refractivity contribution < 1.29 is 4.79 Å². The minimum absolute atomic E-state index is 0.00250. The van der Waals surface area contributed by atoms with Crippen molar-refractivity contribution in [2.75, 3.05) is 5.32 Å². The Balaban J connectivity index is 1.12. The Morgan fingerprint density at radius 2 is 1.60 bits per heavy atom. The Bertz CT molecular complexity index is 2080. The Hall–Kier alpha value is -5.30. The van der Waals surface area contributed by atoms with Gasteiger partial charge in [0.15, 0.2) is 5.78 Å². The van der Waals surface area contributed by atoms with Crippen LogP contribution >= 0.6 is 0 Å². The van der Waals surface area contributed by atoms with Gasteiger partial charge in [0, 0.05) is 47.0 Å². The van der Waals surface area contributed by atoms with Gasteiger partial charge in [0.25, 0.3) is 5.56 Å². The summed E-state index contributed by atoms with van der Waals surface area (Å²) in [6.45, 7) is 4.51. The highest BCUT2D eigenvalue weighted by molar-refractivity contribution is 5.82. The van der Waals surface area contributed by atoms with Crippen molar-refractivity contribution in [1.82, 2.24) is 19.5 Å². The summed E-state index contributed by atoms with van der Waals surface area (Å²) in [5, 5.41) is 4.47. The highest BCUT2D eigenvalue weighted by Crippen LogP contribution is 2.24. The third-order valence-electron chi connectivity index (χ3n) is 9.92. The van der Waals surface area contributed by atoms with Gasteiger partial charge in [-0.25, -0.2) is 4.98 Å². The number of nitrogens with zero attached hydrogens (tertiary/aromatic N) is 3. The number of aromatic amines is 1. The maximum Gasteiger partial charge on any atom is 0.277 e. The Labute approximate surface area is 281 Å². The van der Waals surface area contributed by atoms with Crippen molar-refractivity contribution in [3.05, 3.63) is 147 Å². The number of fused-ring (bicyclic) bond motifs is 1. The van der Waals surface area contributed by atoms with Crippen LogP contribution in [0.4, 0.5) is 5.69 Å². The lowest BCUT2D eigenvalue weighted by atomic mass is 9.88. The molecule has 0 saturated carbocycles. The number of nitrogens with one attached hydrogen (secondary N) is 2. The van der Waals surface area contributed by atoms with Crippen molar-refractivity contribution in [2.45, 2.75) is 59.0 Å². The fourth-order valence-corrected chi connectivity index (χ4v) is 6.73. The van der Waals surface area contributed by atoms with E-state index >= 15 is 0 Å². The number of benzene rings is 3. The SMILES string of the molecule is CC(Cc1cc2cnccc2[nH]1)C(C)C(=O)Cn1c(-c2ccccc2)ncc(NCc2cc3ccc2CCc2ccc(cc2)CC3)c1=O. The number of ketones is 1. The van der Waals surface area contributed by atoms with E-state index in [2.05, 4.69) is 70.7 Å². The van der Waals surface area contributed by atoms with Gasteiger partial charge in [-0.3, -0.25) is 19.1 Å². The molecule has 0 saturated heterocycles. The third kappa shape index (κ3) is 6.86. The first-order valence-electron chi connectivity index (χ1n) is 16.9. The lowest BCUT2D eigenvalue weighted by Gasteiger charge is -2.21. The predicted octanol–water partition coefficient (Wildman–Crippen LogP) is 7.37. The maximum absolute atomic E-state index is 14.1. The van der Waals surface area contributed by atoms with E-state index in [0.717, 1.165) is 47.8 Å². The van der Waals surface area contributed by atoms with Crippen LogP contribution in [0.1, 0.15) is 47.4 Å². The maximum atomic E-state index is 14.1. The van der Waals surface area contributed by atoms with Crippen molar-refractivity contribution in [3.63, 3.8) is 0 Å². The summed E-state index contributed by atoms with van der Waals surface area (Å²) >= 11 is 0. The fraction of sp³-hybridized carbons (Fsp3) is 0.268. The summed E-state index contributed by atoms with van der Waals surface area (Å²) in [7, 11) is 0. The van der Waals surface area contributed by atoms with Crippen LogP contribution in [0.15, 0.2) is 108 Å². The highest BCUT2D eigenvalue weighted by atomic mass is 16.1. The molecular weight excluding hydrogens is 594 g/mol. The molecule has 0 aliphatic heterocycles. The van der Waals surface area contributed by atoms with Gasteiger partial charge < -0.3 is 10.3 Å². The Morgan fingerprint density at radius 1 is 0.875 bits per heavy atom. The molecule has 3 heterocycles. The number of aryl methyl sites for hydroxylation is 4. The highest BCUT2D eigenvalue weighted by Gasteiger charge is 2.24. The van der Waals surface area contributed by atoms with E-state index in [9.17, 15) is 9.59 Å². The predicted molar refractivity (Wildman–Crippen MR) is 192 cm³/mol. The topological polar surface area (TPSA) is 92.7 Å². The number of hydrogen-bond acceptors (Lipinski definition) is 5. The molecule has 2 N–H and O–H groups in total. The molecule has 7 heteroatoms. The molecule has 0 fully saturated rings. The quantitative estimate of drug-likeness (QED) is 0.164. The van der Waals surface area contributed by atoms with E-state index in [1.54, 1.807) is 17.0 Å². The molecule has 7 nitrogen and oxygen atoms in total. The summed E-state index contributed by atoms with van der Waals surface area (Å²) in [5.74, 6) is 0.287. The number of aromatic nitrogens is 4. The molecule has 10 rings (SSSR count). The molecule has 4 aliphatic rings. The summed E-state index contributed by atoms with van der Waals surface area (Å²) < 4.78 is 1.55. The average molecular weight is 636 g/mol. The number of pyridine rings is 1. The molecule has 2 unspecified atom stereocenters. The standard InChI is InChI=1S/C41H41N5O2/c1-27(20-36-22-35-23-42-19-18-37(35)45-36)28(2)39(47)26-46-40(33-6-4-3-5-7-33)44-25-38(41(46)48)43-24-34-21-31-13-12-29-8-10-30(11-9-29)14-16-32(34)17-15-31/h3-11,15,17-19,21-23,25,27-28,43,45H,12-14,16,20,24,26H2,1-2H3. The fourth-order valence-electron chi connectivity index (χ4n) is 6.73. The van der Waals surface area contributed by atoms with E-state index in [0.29, 0.717) is 24.5 Å². The van der Waals surface area contributed by atoms with E-state index < -0.39 is 0 Å². The second-order valence-corrected chi connectivity index (χ2v) is 13.2. The van der Waals surface area contributed by atoms with Crippen LogP contribution < -0.4 is 10.9 Å². The number of anilines is 1. The molecule has 0 spiro atoms. The molecule has 4 bridgehead atoms. The zero-order valence-electron chi connectivity index (χ0n) is 27.6. The summed E-state index contributed by atoms with van der Waals surface area (Å²) in [6.07, 6.45) is 9.78. The molecule has 48 heavy (non-hydrogen) atoms. The van der Waals surface area contributed by atoms with E-state index in [1.807, 2.05) is 49.5 Å². The van der Waals surface area contributed by atoms with Crippen molar-refractivity contribution >= 4 is 22.4 Å². The van der Waals surface area contributed by atoms with Crippen LogP contribution in [-0.4, -0.2) is 25.3 Å². The van der Waals surface area contributed by atoms with Gasteiger partial charge in [-0.05, 0) is 78.0 Å². The summed E-state index contributed by atoms with van der Waals surface area (Å²) in [6, 6.07) is 29.4. The number of H-pyrrole nitrogens is 1. The lowest BCUT2D eigenvalue weighted by molar-refractivity contribution is -0.124. The van der Waals surface area contributed by atoms with Crippen molar-refractivity contribution in [1.29, 1.82) is 0 Å². The molecule has 2 atom stereocenters. The molecule has 3 aromatic heterocycles. The molecule has 4 aliphatic carbocycles. The van der Waals surface area contributed by atoms with Gasteiger partial charge in [0.1, 0.15) is 11.5 Å². The first-order chi connectivity index (χ1) is 23.4. The summed E-state index contributed by atoms with van der Waals surface area (Å²) in [4.78, 5) is 40.4. The van der Waals surface area contributed by atoms with Crippen LogP contribution in [0.3, 0.4) is 0 Å². The minimum atomic E-state index is -0.269. The third-order valence-corrected chi connectivity index (χ3v) is 9.92. The zero-order valence-corrected chi connectivity index (χ0v) is 27.6. The minimum Gasteiger partial charge on any atom is -0.375 e. The number of rotatable bonds is 10. The number of Topliss-reactive ketones (excluding diaryl/α,β-unsaturated/α-hetero) is 1. The van der Waals surface area contributed by atoms with Gasteiger partial charge in [-0.2, -0.15) is 0 Å². The molecule has 242 valence electrons. The van der Waals surface area contributed by atoms with Gasteiger partial charge in [-0.1, -0.05) is 86.6 Å². The van der Waals surface area contributed by atoms with Crippen molar-refractivity contribution in [2.24, 2.45) is 11.8 Å². The Kier molecular flexibility index (Phi) is 9.01. The molecule has 0 radical (unpaired) electrons.